The summed E-state index contributed by atoms with van der Waals surface area (Å²) in [7, 11) is 0. The van der Waals surface area contributed by atoms with E-state index in [2.05, 4.69) is 0 Å². The molecule has 48 valence electrons. The van der Waals surface area contributed by atoms with Gasteiger partial charge in [0, 0.05) is 6.92 Å². The second-order valence-electron chi connectivity index (χ2n) is 2.27. The normalized spacial score (nSPS) is 10.2. The zero-order valence-electron chi connectivity index (χ0n) is 5.99. The van der Waals surface area contributed by atoms with Gasteiger partial charge in [-0.05, 0) is 31.9 Å². The topological polar surface area (TPSA) is 13.1 Å². The van der Waals surface area contributed by atoms with Crippen LogP contribution in [0.4, 0.5) is 0 Å². The molecule has 0 amide bonds. The van der Waals surface area contributed by atoms with E-state index < -0.39 is 0 Å². The molecule has 0 bridgehead atoms. The highest BCUT2D eigenvalue weighted by Gasteiger charge is 2.04. The average Bonchev–Trinajstić information content (AvgIpc) is 1.98. The summed E-state index contributed by atoms with van der Waals surface area (Å²) in [5.74, 6) is 1.47. The summed E-state index contributed by atoms with van der Waals surface area (Å²) >= 11 is 0. The lowest BCUT2D eigenvalue weighted by Crippen LogP contribution is -1.73. The molecule has 0 N–H and O–H groups in total. The van der Waals surface area contributed by atoms with E-state index in [-0.39, 0.29) is 0 Å². The largest absolute Gasteiger partial charge is 0.465 e. The van der Waals surface area contributed by atoms with Crippen molar-refractivity contribution in [3.63, 3.8) is 0 Å². The van der Waals surface area contributed by atoms with E-state index in [1.807, 2.05) is 20.8 Å². The minimum absolute atomic E-state index is 0.546. The van der Waals surface area contributed by atoms with Gasteiger partial charge in [-0.3, -0.25) is 0 Å². The van der Waals surface area contributed by atoms with Crippen LogP contribution in [0.5, 0.6) is 0 Å². The first-order valence-electron chi connectivity index (χ1n) is 2.95. The van der Waals surface area contributed by atoms with Gasteiger partial charge in [0.25, 0.3) is 0 Å². The Morgan fingerprint density at radius 3 is 1.78 bits per heavy atom. The minimum Gasteiger partial charge on any atom is -0.465 e. The highest BCUT2D eigenvalue weighted by atomic mass is 16.3. The van der Waals surface area contributed by atoms with Gasteiger partial charge in [-0.1, -0.05) is 0 Å². The first-order chi connectivity index (χ1) is 4.13. The first-order valence-corrected chi connectivity index (χ1v) is 2.95. The van der Waals surface area contributed by atoms with Crippen molar-refractivity contribution in [3.8, 4) is 0 Å². The molecule has 0 aliphatic heterocycles. The van der Waals surface area contributed by atoms with Crippen LogP contribution in [0.25, 0.3) is 0 Å². The third-order valence-corrected chi connectivity index (χ3v) is 1.72. The molecular formula is C8H10O. The Balaban J connectivity index is 3.29. The Morgan fingerprint density at radius 2 is 1.67 bits per heavy atom. The average molecular weight is 122 g/mol. The van der Waals surface area contributed by atoms with E-state index in [9.17, 15) is 0 Å². The molecule has 2 radical (unpaired) electrons. The summed E-state index contributed by atoms with van der Waals surface area (Å²) in [5.41, 5.74) is 2.22. The molecule has 0 aliphatic rings. The molecular weight excluding hydrogens is 112 g/mol. The Bertz CT molecular complexity index is 198. The molecule has 1 rings (SSSR count). The highest BCUT2D eigenvalue weighted by molar-refractivity contribution is 5.31. The number of furan rings is 1. The minimum atomic E-state index is 0.546. The van der Waals surface area contributed by atoms with Crippen LogP contribution < -0.4 is 0 Å². The van der Waals surface area contributed by atoms with Crippen molar-refractivity contribution >= 4 is 0 Å². The van der Waals surface area contributed by atoms with Crippen LogP contribution in [0.15, 0.2) is 4.42 Å². The van der Waals surface area contributed by atoms with E-state index in [1.54, 1.807) is 0 Å². The zero-order valence-corrected chi connectivity index (χ0v) is 5.99. The maximum Gasteiger partial charge on any atom is 0.111 e. The molecule has 9 heavy (non-hydrogen) atoms. The third-order valence-electron chi connectivity index (χ3n) is 1.72. The van der Waals surface area contributed by atoms with Gasteiger partial charge in [0.05, 0.1) is 0 Å². The Morgan fingerprint density at radius 1 is 1.11 bits per heavy atom. The molecule has 0 aromatic carbocycles. The number of aryl methyl sites for hydroxylation is 1. The Labute approximate surface area is 55.7 Å². The number of rotatable bonds is 0. The molecule has 1 nitrogen and oxygen atoms in total. The summed E-state index contributed by atoms with van der Waals surface area (Å²) in [4.78, 5) is 0. The lowest BCUT2D eigenvalue weighted by atomic mass is 10.2. The predicted octanol–water partition coefficient (Wildman–Crippen LogP) is 2.26. The number of hydrogen-bond acceptors (Lipinski definition) is 1. The molecule has 0 atom stereocenters. The van der Waals surface area contributed by atoms with Crippen LogP contribution in [0.1, 0.15) is 22.6 Å². The van der Waals surface area contributed by atoms with Crippen molar-refractivity contribution in [2.24, 2.45) is 0 Å². The van der Waals surface area contributed by atoms with Gasteiger partial charge in [-0.15, -0.1) is 0 Å². The summed E-state index contributed by atoms with van der Waals surface area (Å²) < 4.78 is 5.12. The lowest BCUT2D eigenvalue weighted by molar-refractivity contribution is 0.514. The molecule has 0 spiro atoms. The fourth-order valence-electron chi connectivity index (χ4n) is 0.767. The van der Waals surface area contributed by atoms with Gasteiger partial charge in [-0.25, -0.2) is 0 Å². The van der Waals surface area contributed by atoms with Crippen LogP contribution in [0.3, 0.4) is 0 Å². The van der Waals surface area contributed by atoms with E-state index in [1.165, 1.54) is 0 Å². The van der Waals surface area contributed by atoms with Crippen molar-refractivity contribution in [1.82, 2.24) is 0 Å². The first kappa shape index (κ1) is 6.40. The van der Waals surface area contributed by atoms with Crippen LogP contribution in [-0.2, 0) is 0 Å². The lowest BCUT2D eigenvalue weighted by Gasteiger charge is -1.85. The Kier molecular flexibility index (Phi) is 1.35. The van der Waals surface area contributed by atoms with Crippen LogP contribution >= 0.6 is 0 Å². The van der Waals surface area contributed by atoms with Gasteiger partial charge in [-0.2, -0.15) is 0 Å². The molecule has 1 heterocycles. The van der Waals surface area contributed by atoms with E-state index in [4.69, 9.17) is 11.3 Å². The van der Waals surface area contributed by atoms with Crippen LogP contribution in [-0.4, -0.2) is 0 Å². The van der Waals surface area contributed by atoms with Gasteiger partial charge in [0.15, 0.2) is 0 Å². The smallest absolute Gasteiger partial charge is 0.111 e. The van der Waals surface area contributed by atoms with Crippen LogP contribution in [0, 0.1) is 27.7 Å². The third kappa shape index (κ3) is 0.869. The zero-order chi connectivity index (χ0) is 7.02. The van der Waals surface area contributed by atoms with Gasteiger partial charge in [0.1, 0.15) is 11.5 Å². The van der Waals surface area contributed by atoms with Gasteiger partial charge >= 0.3 is 0 Å². The van der Waals surface area contributed by atoms with Crippen molar-refractivity contribution < 1.29 is 4.42 Å². The number of hydrogen-bond donors (Lipinski definition) is 0. The van der Waals surface area contributed by atoms with E-state index in [0.29, 0.717) is 5.76 Å². The quantitative estimate of drug-likeness (QED) is 0.514. The fourth-order valence-corrected chi connectivity index (χ4v) is 0.767. The van der Waals surface area contributed by atoms with Crippen LogP contribution in [0.2, 0.25) is 0 Å². The maximum absolute atomic E-state index is 5.47. The predicted molar refractivity (Wildman–Crippen MR) is 36.3 cm³/mol. The van der Waals surface area contributed by atoms with Gasteiger partial charge < -0.3 is 4.42 Å². The second kappa shape index (κ2) is 1.90. The van der Waals surface area contributed by atoms with Crippen molar-refractivity contribution in [3.05, 3.63) is 29.6 Å². The molecule has 0 unspecified atom stereocenters. The van der Waals surface area contributed by atoms with E-state index in [0.717, 1.165) is 16.9 Å². The maximum atomic E-state index is 5.47. The molecule has 1 aromatic heterocycles. The monoisotopic (exact) mass is 122 g/mol. The molecule has 1 aromatic rings. The summed E-state index contributed by atoms with van der Waals surface area (Å²) in [6, 6.07) is 0. The summed E-state index contributed by atoms with van der Waals surface area (Å²) in [6.45, 7) is 11.4. The highest BCUT2D eigenvalue weighted by Crippen LogP contribution is 2.18. The molecule has 0 saturated carbocycles. The molecule has 0 saturated heterocycles. The summed E-state index contributed by atoms with van der Waals surface area (Å²) in [6.07, 6.45) is 0. The van der Waals surface area contributed by atoms with E-state index >= 15 is 0 Å². The molecule has 0 fully saturated rings. The summed E-state index contributed by atoms with van der Waals surface area (Å²) in [5, 5.41) is 0. The van der Waals surface area contributed by atoms with Crippen molar-refractivity contribution in [2.45, 2.75) is 20.8 Å². The molecule has 0 aliphatic carbocycles. The fraction of sp³-hybridized carbons (Fsp3) is 0.375. The van der Waals surface area contributed by atoms with Crippen molar-refractivity contribution in [2.75, 3.05) is 0 Å². The molecule has 1 heteroatoms. The standard InChI is InChI=1S/C8H10O/c1-5-6(2)8(4)9-7(5)3/h3H,1-2,4H3. The van der Waals surface area contributed by atoms with Crippen molar-refractivity contribution in [1.29, 1.82) is 0 Å². The second-order valence-corrected chi connectivity index (χ2v) is 2.27. The van der Waals surface area contributed by atoms with Gasteiger partial charge in [0.2, 0.25) is 0 Å². The SMILES string of the molecule is [CH]c1oc(C)c(C)c1C. The Hall–Kier alpha value is -0.720.